The van der Waals surface area contributed by atoms with Crippen molar-refractivity contribution in [3.8, 4) is 0 Å². The fourth-order valence-corrected chi connectivity index (χ4v) is 3.09. The maximum Gasteiger partial charge on any atom is 0.306 e. The van der Waals surface area contributed by atoms with Crippen LogP contribution in [0.4, 0.5) is 0 Å². The van der Waals surface area contributed by atoms with Gasteiger partial charge in [0, 0.05) is 6.04 Å². The van der Waals surface area contributed by atoms with Crippen molar-refractivity contribution in [2.45, 2.75) is 38.1 Å². The van der Waals surface area contributed by atoms with Gasteiger partial charge in [-0.25, -0.2) is 0 Å². The Labute approximate surface area is 110 Å². The molecule has 1 heterocycles. The molecule has 0 radical (unpaired) electrons. The van der Waals surface area contributed by atoms with Gasteiger partial charge in [-0.1, -0.05) is 0 Å². The monoisotopic (exact) mass is 267 g/mol. The molecule has 1 aliphatic rings. The quantitative estimate of drug-likeness (QED) is 0.879. The van der Waals surface area contributed by atoms with E-state index in [1.165, 1.54) is 0 Å². The standard InChI is InChI=1S/C13H17NO3S/c1-8(10-4-5-18-7-10)12(15)14-11-3-2-9(6-11)13(16)17/h4-5,7-9,11H,2-3,6H2,1H3,(H,14,15)(H,16,17)/t8?,9-,11+/m0/s1. The van der Waals surface area contributed by atoms with Gasteiger partial charge in [0.05, 0.1) is 11.8 Å². The van der Waals surface area contributed by atoms with Gasteiger partial charge in [-0.2, -0.15) is 11.3 Å². The Kier molecular flexibility index (Phi) is 4.01. The Bertz CT molecular complexity index is 429. The lowest BCUT2D eigenvalue weighted by Crippen LogP contribution is -2.36. The van der Waals surface area contributed by atoms with Crippen molar-refractivity contribution in [2.24, 2.45) is 5.92 Å². The summed E-state index contributed by atoms with van der Waals surface area (Å²) in [6.07, 6.45) is 1.98. The minimum atomic E-state index is -0.752. The smallest absolute Gasteiger partial charge is 0.306 e. The number of hydrogen-bond donors (Lipinski definition) is 2. The van der Waals surface area contributed by atoms with Gasteiger partial charge in [-0.3, -0.25) is 9.59 Å². The summed E-state index contributed by atoms with van der Waals surface area (Å²) in [5.41, 5.74) is 1.02. The van der Waals surface area contributed by atoms with E-state index < -0.39 is 5.97 Å². The summed E-state index contributed by atoms with van der Waals surface area (Å²) >= 11 is 1.57. The van der Waals surface area contributed by atoms with Gasteiger partial charge in [0.1, 0.15) is 0 Å². The van der Waals surface area contributed by atoms with E-state index >= 15 is 0 Å². The first kappa shape index (κ1) is 13.1. The van der Waals surface area contributed by atoms with Crippen LogP contribution in [0.25, 0.3) is 0 Å². The predicted molar refractivity (Wildman–Crippen MR) is 69.6 cm³/mol. The van der Waals surface area contributed by atoms with E-state index in [0.717, 1.165) is 12.0 Å². The summed E-state index contributed by atoms with van der Waals surface area (Å²) in [4.78, 5) is 22.9. The van der Waals surface area contributed by atoms with Gasteiger partial charge >= 0.3 is 5.97 Å². The number of hydrogen-bond acceptors (Lipinski definition) is 3. The number of nitrogens with one attached hydrogen (secondary N) is 1. The van der Waals surface area contributed by atoms with Crippen LogP contribution in [0.3, 0.4) is 0 Å². The van der Waals surface area contributed by atoms with E-state index in [-0.39, 0.29) is 23.8 Å². The summed E-state index contributed by atoms with van der Waals surface area (Å²) in [6.45, 7) is 1.88. The number of rotatable bonds is 4. The second-order valence-electron chi connectivity index (χ2n) is 4.83. The molecule has 1 unspecified atom stereocenters. The summed E-state index contributed by atoms with van der Waals surface area (Å²) in [5, 5.41) is 15.8. The molecule has 2 N–H and O–H groups in total. The van der Waals surface area contributed by atoms with Gasteiger partial charge in [0.15, 0.2) is 0 Å². The van der Waals surface area contributed by atoms with Crippen molar-refractivity contribution in [2.75, 3.05) is 0 Å². The molecule has 3 atom stereocenters. The van der Waals surface area contributed by atoms with Gasteiger partial charge in [0.2, 0.25) is 5.91 Å². The third-order valence-corrected chi connectivity index (χ3v) is 4.27. The van der Waals surface area contributed by atoms with Crippen LogP contribution in [0.15, 0.2) is 16.8 Å². The topological polar surface area (TPSA) is 66.4 Å². The second-order valence-corrected chi connectivity index (χ2v) is 5.61. The molecule has 98 valence electrons. The predicted octanol–water partition coefficient (Wildman–Crippen LogP) is 2.22. The molecule has 0 aliphatic heterocycles. The van der Waals surface area contributed by atoms with Gasteiger partial charge in [-0.05, 0) is 48.6 Å². The third-order valence-electron chi connectivity index (χ3n) is 3.56. The first-order chi connectivity index (χ1) is 8.58. The first-order valence-corrected chi connectivity index (χ1v) is 7.07. The normalized spacial score (nSPS) is 24.7. The van der Waals surface area contributed by atoms with Gasteiger partial charge in [-0.15, -0.1) is 0 Å². The van der Waals surface area contributed by atoms with E-state index in [0.29, 0.717) is 12.8 Å². The van der Waals surface area contributed by atoms with Gasteiger partial charge in [0.25, 0.3) is 0 Å². The van der Waals surface area contributed by atoms with Crippen molar-refractivity contribution in [1.29, 1.82) is 0 Å². The molecule has 0 saturated heterocycles. The fraction of sp³-hybridized carbons (Fsp3) is 0.538. The molecular weight excluding hydrogens is 250 g/mol. The average Bonchev–Trinajstić information content (AvgIpc) is 2.98. The maximum absolute atomic E-state index is 12.0. The summed E-state index contributed by atoms with van der Waals surface area (Å²) < 4.78 is 0. The summed E-state index contributed by atoms with van der Waals surface area (Å²) in [7, 11) is 0. The van der Waals surface area contributed by atoms with Crippen molar-refractivity contribution in [1.82, 2.24) is 5.32 Å². The summed E-state index contributed by atoms with van der Waals surface area (Å²) in [5.74, 6) is -1.23. The van der Waals surface area contributed by atoms with Crippen LogP contribution < -0.4 is 5.32 Å². The zero-order valence-corrected chi connectivity index (χ0v) is 11.1. The Hall–Kier alpha value is -1.36. The Morgan fingerprint density at radius 2 is 2.28 bits per heavy atom. The Morgan fingerprint density at radius 3 is 2.83 bits per heavy atom. The van der Waals surface area contributed by atoms with E-state index in [4.69, 9.17) is 5.11 Å². The molecular formula is C13H17NO3S. The molecule has 4 nitrogen and oxygen atoms in total. The number of carbonyl (C=O) groups excluding carboxylic acids is 1. The SMILES string of the molecule is CC(C(=O)N[C@@H]1CC[C@H](C(=O)O)C1)c1ccsc1. The Balaban J connectivity index is 1.87. The lowest BCUT2D eigenvalue weighted by atomic mass is 10.0. The van der Waals surface area contributed by atoms with Crippen LogP contribution in [-0.4, -0.2) is 23.0 Å². The lowest BCUT2D eigenvalue weighted by Gasteiger charge is -2.16. The van der Waals surface area contributed by atoms with Crippen LogP contribution in [0, 0.1) is 5.92 Å². The molecule has 18 heavy (non-hydrogen) atoms. The molecule has 1 aromatic heterocycles. The zero-order chi connectivity index (χ0) is 13.1. The highest BCUT2D eigenvalue weighted by Crippen LogP contribution is 2.26. The highest BCUT2D eigenvalue weighted by atomic mass is 32.1. The van der Waals surface area contributed by atoms with Crippen LogP contribution in [0.5, 0.6) is 0 Å². The van der Waals surface area contributed by atoms with Crippen LogP contribution in [0.2, 0.25) is 0 Å². The average molecular weight is 267 g/mol. The largest absolute Gasteiger partial charge is 0.481 e. The molecule has 1 aliphatic carbocycles. The highest BCUT2D eigenvalue weighted by molar-refractivity contribution is 7.08. The number of carboxylic acid groups (broad SMARTS) is 1. The van der Waals surface area contributed by atoms with E-state index in [1.54, 1.807) is 11.3 Å². The van der Waals surface area contributed by atoms with Crippen molar-refractivity contribution in [3.63, 3.8) is 0 Å². The molecule has 1 fully saturated rings. The lowest BCUT2D eigenvalue weighted by molar-refractivity contribution is -0.141. The van der Waals surface area contributed by atoms with Crippen molar-refractivity contribution in [3.05, 3.63) is 22.4 Å². The van der Waals surface area contributed by atoms with Crippen LogP contribution >= 0.6 is 11.3 Å². The van der Waals surface area contributed by atoms with Gasteiger partial charge < -0.3 is 10.4 Å². The molecule has 0 bridgehead atoms. The van der Waals surface area contributed by atoms with Crippen molar-refractivity contribution < 1.29 is 14.7 Å². The summed E-state index contributed by atoms with van der Waals surface area (Å²) in [6, 6.07) is 1.96. The molecule has 1 amide bonds. The van der Waals surface area contributed by atoms with Crippen molar-refractivity contribution >= 4 is 23.2 Å². The fourth-order valence-electron chi connectivity index (χ4n) is 2.34. The van der Waals surface area contributed by atoms with E-state index in [9.17, 15) is 9.59 Å². The minimum Gasteiger partial charge on any atom is -0.481 e. The molecule has 2 rings (SSSR count). The molecule has 1 aromatic rings. The van der Waals surface area contributed by atoms with Crippen LogP contribution in [0.1, 0.15) is 37.7 Å². The number of carboxylic acids is 1. The minimum absolute atomic E-state index is 0.00978. The molecule has 5 heteroatoms. The zero-order valence-electron chi connectivity index (χ0n) is 10.3. The number of thiophene rings is 1. The molecule has 1 saturated carbocycles. The molecule has 0 spiro atoms. The van der Waals surface area contributed by atoms with E-state index in [1.807, 2.05) is 23.8 Å². The molecule has 0 aromatic carbocycles. The number of carbonyl (C=O) groups is 2. The number of aliphatic carboxylic acids is 1. The third kappa shape index (κ3) is 2.90. The highest BCUT2D eigenvalue weighted by Gasteiger charge is 2.31. The second kappa shape index (κ2) is 5.52. The van der Waals surface area contributed by atoms with E-state index in [2.05, 4.69) is 5.32 Å². The Morgan fingerprint density at radius 1 is 1.50 bits per heavy atom. The number of amides is 1. The maximum atomic E-state index is 12.0. The van der Waals surface area contributed by atoms with Crippen LogP contribution in [-0.2, 0) is 9.59 Å². The first-order valence-electron chi connectivity index (χ1n) is 6.13.